The molecule has 0 spiro atoms. The van der Waals surface area contributed by atoms with E-state index in [4.69, 9.17) is 14.2 Å². The van der Waals surface area contributed by atoms with Crippen LogP contribution in [0.4, 0.5) is 4.39 Å². The Morgan fingerprint density at radius 1 is 0.589 bits per heavy atom. The summed E-state index contributed by atoms with van der Waals surface area (Å²) in [6.07, 6.45) is -4.52. The second kappa shape index (κ2) is 15.9. The normalized spacial score (nSPS) is 18.5. The molecule has 8 rings (SSSR count). The molecule has 1 saturated heterocycles. The molecule has 2 N–H and O–H groups in total. The van der Waals surface area contributed by atoms with E-state index in [0.717, 1.165) is 44.1 Å². The molecule has 2 heterocycles. The lowest BCUT2D eigenvalue weighted by Crippen LogP contribution is -2.47. The van der Waals surface area contributed by atoms with Gasteiger partial charge in [-0.05, 0) is 33.4 Å². The van der Waals surface area contributed by atoms with Crippen molar-refractivity contribution in [1.29, 1.82) is 0 Å². The van der Waals surface area contributed by atoms with Crippen molar-refractivity contribution in [2.24, 2.45) is 0 Å². The number of H-pyrrole nitrogens is 1. The highest BCUT2D eigenvalue weighted by Gasteiger charge is 2.52. The number of aromatic amines is 1. The van der Waals surface area contributed by atoms with Gasteiger partial charge in [-0.2, -0.15) is 4.39 Å². The van der Waals surface area contributed by atoms with Crippen LogP contribution in [0.2, 0.25) is 0 Å². The molecule has 4 atom stereocenters. The van der Waals surface area contributed by atoms with E-state index in [-0.39, 0.29) is 6.61 Å². The Kier molecular flexibility index (Phi) is 10.4. The van der Waals surface area contributed by atoms with Crippen molar-refractivity contribution >= 4 is 0 Å². The summed E-state index contributed by atoms with van der Waals surface area (Å²) in [4.78, 5) is 27.3. The zero-order valence-electron chi connectivity index (χ0n) is 30.2. The lowest BCUT2D eigenvalue weighted by molar-refractivity contribution is -0.131. The molecule has 0 saturated carbocycles. The average Bonchev–Trinajstić information content (AvgIpc) is 3.56. The van der Waals surface area contributed by atoms with E-state index < -0.39 is 52.8 Å². The fourth-order valence-electron chi connectivity index (χ4n) is 7.78. The third kappa shape index (κ3) is 6.71. The van der Waals surface area contributed by atoms with Crippen LogP contribution < -0.4 is 11.2 Å². The van der Waals surface area contributed by atoms with Gasteiger partial charge in [-0.25, -0.2) is 4.79 Å². The van der Waals surface area contributed by atoms with E-state index in [1.54, 1.807) is 0 Å². The molecule has 1 fully saturated rings. The standard InChI is InChI=1S/C47H39FN2O6/c48-39-31-50(45(53)49-43(39)52)44-41(51)42(56-47(36-25-13-4-14-26-36,37-27-15-5-16-28-37)38-29-17-6-18-30-38)40(55-44)32-54-46(33-19-7-1-8-20-33,34-21-9-2-10-22-34)35-23-11-3-12-24-35/h1-31,40-42,44,51H,32H2,(H,49,52,53)/t40-,41-,42-,44-/m1/s1. The second-order valence-corrected chi connectivity index (χ2v) is 13.7. The van der Waals surface area contributed by atoms with Crippen LogP contribution in [0.1, 0.15) is 39.6 Å². The van der Waals surface area contributed by atoms with Gasteiger partial charge in [0.25, 0.3) is 5.56 Å². The predicted molar refractivity (Wildman–Crippen MR) is 210 cm³/mol. The first-order valence-electron chi connectivity index (χ1n) is 18.4. The van der Waals surface area contributed by atoms with Crippen LogP contribution in [0.5, 0.6) is 0 Å². The van der Waals surface area contributed by atoms with Crippen LogP contribution >= 0.6 is 0 Å². The Morgan fingerprint density at radius 2 is 0.946 bits per heavy atom. The number of ether oxygens (including phenoxy) is 3. The number of aliphatic hydroxyl groups is 1. The van der Waals surface area contributed by atoms with Gasteiger partial charge < -0.3 is 19.3 Å². The van der Waals surface area contributed by atoms with Crippen molar-refractivity contribution in [2.45, 2.75) is 35.7 Å². The quantitative estimate of drug-likeness (QED) is 0.127. The summed E-state index contributed by atoms with van der Waals surface area (Å²) in [6.45, 7) is -0.161. The number of aromatic nitrogens is 2. The van der Waals surface area contributed by atoms with Gasteiger partial charge >= 0.3 is 5.69 Å². The van der Waals surface area contributed by atoms with E-state index in [2.05, 4.69) is 0 Å². The van der Waals surface area contributed by atoms with Crippen LogP contribution in [-0.2, 0) is 25.4 Å². The minimum absolute atomic E-state index is 0.161. The highest BCUT2D eigenvalue weighted by Crippen LogP contribution is 2.46. The molecular formula is C47H39FN2O6. The maximum Gasteiger partial charge on any atom is 0.330 e. The molecule has 1 aromatic heterocycles. The third-order valence-corrected chi connectivity index (χ3v) is 10.4. The van der Waals surface area contributed by atoms with Gasteiger partial charge in [-0.3, -0.25) is 14.3 Å². The van der Waals surface area contributed by atoms with Crippen LogP contribution in [-0.4, -0.2) is 39.6 Å². The van der Waals surface area contributed by atoms with E-state index in [0.29, 0.717) is 0 Å². The maximum absolute atomic E-state index is 14.8. The van der Waals surface area contributed by atoms with Crippen molar-refractivity contribution in [3.8, 4) is 0 Å². The van der Waals surface area contributed by atoms with E-state index in [9.17, 15) is 19.1 Å². The average molecular weight is 747 g/mol. The Labute approximate surface area is 323 Å². The third-order valence-electron chi connectivity index (χ3n) is 10.4. The summed E-state index contributed by atoms with van der Waals surface area (Å²) in [5, 5.41) is 12.4. The predicted octanol–water partition coefficient (Wildman–Crippen LogP) is 7.32. The molecule has 1 aliphatic heterocycles. The molecule has 7 aromatic rings. The molecule has 0 amide bonds. The SMILES string of the molecule is O=c1[nH]c(=O)n([C@@H]2O[C@H](COC(c3ccccc3)(c3ccccc3)c3ccccc3)[C@@H](OC(c3ccccc3)(c3ccccc3)c3ccccc3)[C@H]2O)cc1F. The summed E-state index contributed by atoms with van der Waals surface area (Å²) < 4.78 is 36.8. The largest absolute Gasteiger partial charge is 0.386 e. The summed E-state index contributed by atoms with van der Waals surface area (Å²) in [5.74, 6) is -1.21. The maximum atomic E-state index is 14.8. The van der Waals surface area contributed by atoms with Crippen LogP contribution in [0.3, 0.4) is 0 Å². The highest BCUT2D eigenvalue weighted by molar-refractivity contribution is 5.49. The van der Waals surface area contributed by atoms with Crippen LogP contribution in [0, 0.1) is 5.82 Å². The molecule has 56 heavy (non-hydrogen) atoms. The Hall–Kier alpha value is -6.23. The number of halogens is 1. The summed E-state index contributed by atoms with van der Waals surface area (Å²) in [5.41, 5.74) is 0.226. The van der Waals surface area contributed by atoms with Gasteiger partial charge in [0.2, 0.25) is 5.82 Å². The van der Waals surface area contributed by atoms with Gasteiger partial charge in [0.1, 0.15) is 29.5 Å². The first-order chi connectivity index (χ1) is 27.4. The van der Waals surface area contributed by atoms with Gasteiger partial charge in [-0.1, -0.05) is 182 Å². The minimum atomic E-state index is -1.55. The lowest BCUT2D eigenvalue weighted by Gasteiger charge is -2.41. The molecule has 0 unspecified atom stereocenters. The Morgan fingerprint density at radius 3 is 1.32 bits per heavy atom. The van der Waals surface area contributed by atoms with Gasteiger partial charge in [-0.15, -0.1) is 0 Å². The molecular weight excluding hydrogens is 708 g/mol. The van der Waals surface area contributed by atoms with Crippen molar-refractivity contribution in [2.75, 3.05) is 6.61 Å². The van der Waals surface area contributed by atoms with E-state index >= 15 is 0 Å². The second-order valence-electron chi connectivity index (χ2n) is 13.7. The smallest absolute Gasteiger partial charge is 0.330 e. The lowest BCUT2D eigenvalue weighted by atomic mass is 9.79. The van der Waals surface area contributed by atoms with Crippen molar-refractivity contribution in [1.82, 2.24) is 9.55 Å². The first-order valence-corrected chi connectivity index (χ1v) is 18.4. The molecule has 1 aliphatic rings. The number of rotatable bonds is 12. The molecule has 0 aliphatic carbocycles. The highest BCUT2D eigenvalue weighted by atomic mass is 19.1. The van der Waals surface area contributed by atoms with Gasteiger partial charge in [0.05, 0.1) is 12.8 Å². The number of benzene rings is 6. The zero-order valence-corrected chi connectivity index (χ0v) is 30.2. The summed E-state index contributed by atoms with van der Waals surface area (Å²) in [7, 11) is 0. The number of hydrogen-bond donors (Lipinski definition) is 2. The fourth-order valence-corrected chi connectivity index (χ4v) is 7.78. The van der Waals surface area contributed by atoms with Gasteiger partial charge in [0.15, 0.2) is 6.23 Å². The molecule has 6 aromatic carbocycles. The first kappa shape index (κ1) is 36.7. The molecule has 8 nitrogen and oxygen atoms in total. The van der Waals surface area contributed by atoms with Crippen LogP contribution in [0.25, 0.3) is 0 Å². The van der Waals surface area contributed by atoms with Gasteiger partial charge in [0, 0.05) is 0 Å². The monoisotopic (exact) mass is 746 g/mol. The number of nitrogens with one attached hydrogen (secondary N) is 1. The van der Waals surface area contributed by atoms with E-state index in [1.807, 2.05) is 187 Å². The van der Waals surface area contributed by atoms with Crippen LogP contribution in [0.15, 0.2) is 198 Å². The Balaban J connectivity index is 1.30. The van der Waals surface area contributed by atoms with Crippen molar-refractivity contribution in [3.05, 3.63) is 248 Å². The molecule has 280 valence electrons. The Bertz CT molecular complexity index is 2270. The minimum Gasteiger partial charge on any atom is -0.386 e. The van der Waals surface area contributed by atoms with Crippen molar-refractivity contribution in [3.63, 3.8) is 0 Å². The molecule has 0 radical (unpaired) electrons. The summed E-state index contributed by atoms with van der Waals surface area (Å²) in [6, 6.07) is 58.4. The number of hydrogen-bond acceptors (Lipinski definition) is 6. The fraction of sp³-hybridized carbons (Fsp3) is 0.149. The summed E-state index contributed by atoms with van der Waals surface area (Å²) >= 11 is 0. The van der Waals surface area contributed by atoms with E-state index in [1.165, 1.54) is 0 Å². The topological polar surface area (TPSA) is 103 Å². The number of aliphatic hydroxyl groups excluding tert-OH is 1. The molecule has 0 bridgehead atoms. The van der Waals surface area contributed by atoms with Crippen molar-refractivity contribution < 1.29 is 23.7 Å². The molecule has 9 heteroatoms. The zero-order chi connectivity index (χ0) is 38.5. The number of nitrogens with zero attached hydrogens (tertiary/aromatic N) is 1.